The lowest BCUT2D eigenvalue weighted by molar-refractivity contribution is -0.139. The van der Waals surface area contributed by atoms with Crippen LogP contribution in [0.3, 0.4) is 0 Å². The highest BCUT2D eigenvalue weighted by Crippen LogP contribution is 2.28. The second-order valence-electron chi connectivity index (χ2n) is 4.97. The minimum absolute atomic E-state index is 0.313. The Morgan fingerprint density at radius 3 is 2.65 bits per heavy atom. The molecule has 98 valence electrons. The third-order valence-electron chi connectivity index (χ3n) is 3.56. The van der Waals surface area contributed by atoms with Crippen LogP contribution in [0.15, 0.2) is 0 Å². The Morgan fingerprint density at radius 1 is 1.41 bits per heavy atom. The Morgan fingerprint density at radius 2 is 2.06 bits per heavy atom. The van der Waals surface area contributed by atoms with Crippen LogP contribution in [0.25, 0.3) is 0 Å². The maximum atomic E-state index is 11.5. The van der Waals surface area contributed by atoms with Crippen LogP contribution in [0.1, 0.15) is 39.0 Å². The number of rotatable bonds is 5. The number of hydrogen-bond acceptors (Lipinski definition) is 3. The third kappa shape index (κ3) is 4.73. The van der Waals surface area contributed by atoms with Crippen molar-refractivity contribution in [3.05, 3.63) is 0 Å². The molecule has 0 bridgehead atoms. The van der Waals surface area contributed by atoms with Crippen molar-refractivity contribution in [1.82, 2.24) is 5.32 Å². The van der Waals surface area contributed by atoms with Gasteiger partial charge in [0.05, 0.1) is 12.5 Å². The van der Waals surface area contributed by atoms with Gasteiger partial charge in [0.2, 0.25) is 5.91 Å². The van der Waals surface area contributed by atoms with Gasteiger partial charge in [-0.15, -0.1) is 0 Å². The lowest BCUT2D eigenvalue weighted by Gasteiger charge is -2.29. The molecule has 4 N–H and O–H groups in total. The Bertz CT molecular complexity index is 281. The van der Waals surface area contributed by atoms with E-state index in [-0.39, 0.29) is 12.3 Å². The average Bonchev–Trinajstić information content (AvgIpc) is 2.26. The molecule has 1 aliphatic rings. The second-order valence-corrected chi connectivity index (χ2v) is 4.97. The summed E-state index contributed by atoms with van der Waals surface area (Å²) in [6, 6.07) is -0.939. The molecule has 1 amide bonds. The first-order valence-electron chi connectivity index (χ1n) is 6.25. The lowest BCUT2D eigenvalue weighted by atomic mass is 9.80. The van der Waals surface area contributed by atoms with Gasteiger partial charge in [0.25, 0.3) is 0 Å². The number of carboxylic acids is 1. The normalized spacial score (nSPS) is 26.2. The van der Waals surface area contributed by atoms with Crippen molar-refractivity contribution in [2.24, 2.45) is 17.6 Å². The number of carboxylic acid groups (broad SMARTS) is 1. The number of hydrogen-bond donors (Lipinski definition) is 3. The van der Waals surface area contributed by atoms with Crippen molar-refractivity contribution in [1.29, 1.82) is 0 Å². The van der Waals surface area contributed by atoms with E-state index >= 15 is 0 Å². The smallest absolute Gasteiger partial charge is 0.305 e. The van der Waals surface area contributed by atoms with Crippen LogP contribution in [0.4, 0.5) is 0 Å². The lowest BCUT2D eigenvalue weighted by Crippen LogP contribution is -2.44. The molecule has 1 rings (SSSR count). The molecule has 0 heterocycles. The number of nitrogens with one attached hydrogen (secondary N) is 1. The highest BCUT2D eigenvalue weighted by Gasteiger charge is 2.23. The molecule has 0 saturated heterocycles. The maximum Gasteiger partial charge on any atom is 0.305 e. The Kier molecular flexibility index (Phi) is 5.41. The summed E-state index contributed by atoms with van der Waals surface area (Å²) in [6.45, 7) is 2.82. The largest absolute Gasteiger partial charge is 0.481 e. The van der Waals surface area contributed by atoms with Crippen LogP contribution in [-0.4, -0.2) is 29.6 Å². The van der Waals surface area contributed by atoms with Crippen molar-refractivity contribution in [3.63, 3.8) is 0 Å². The first-order valence-corrected chi connectivity index (χ1v) is 6.25. The van der Waals surface area contributed by atoms with Gasteiger partial charge >= 0.3 is 5.97 Å². The molecular formula is C12H22N2O3. The first-order chi connectivity index (χ1) is 8.00. The molecule has 17 heavy (non-hydrogen) atoms. The predicted molar refractivity (Wildman–Crippen MR) is 64.4 cm³/mol. The minimum Gasteiger partial charge on any atom is -0.481 e. The van der Waals surface area contributed by atoms with E-state index in [4.69, 9.17) is 10.8 Å². The van der Waals surface area contributed by atoms with Gasteiger partial charge < -0.3 is 16.2 Å². The van der Waals surface area contributed by atoms with Crippen LogP contribution in [0.5, 0.6) is 0 Å². The molecule has 0 spiro atoms. The quantitative estimate of drug-likeness (QED) is 0.662. The summed E-state index contributed by atoms with van der Waals surface area (Å²) in [4.78, 5) is 21.9. The molecule has 1 aliphatic carbocycles. The van der Waals surface area contributed by atoms with Crippen molar-refractivity contribution >= 4 is 11.9 Å². The highest BCUT2D eigenvalue weighted by molar-refractivity contribution is 5.85. The molecule has 0 aromatic heterocycles. The van der Waals surface area contributed by atoms with Gasteiger partial charge in [-0.25, -0.2) is 0 Å². The van der Waals surface area contributed by atoms with E-state index in [0.29, 0.717) is 18.4 Å². The number of amides is 1. The first kappa shape index (κ1) is 14.0. The Balaban J connectivity index is 2.29. The van der Waals surface area contributed by atoms with Gasteiger partial charge in [-0.3, -0.25) is 9.59 Å². The van der Waals surface area contributed by atoms with Crippen molar-refractivity contribution in [3.8, 4) is 0 Å². The van der Waals surface area contributed by atoms with E-state index < -0.39 is 12.0 Å². The predicted octanol–water partition coefficient (Wildman–Crippen LogP) is 0.731. The van der Waals surface area contributed by atoms with E-state index in [0.717, 1.165) is 6.42 Å². The summed E-state index contributed by atoms with van der Waals surface area (Å²) in [7, 11) is 0. The molecule has 3 atom stereocenters. The summed E-state index contributed by atoms with van der Waals surface area (Å²) in [6.07, 6.45) is 4.51. The Labute approximate surface area is 102 Å². The van der Waals surface area contributed by atoms with Crippen molar-refractivity contribution in [2.75, 3.05) is 6.54 Å². The average molecular weight is 242 g/mol. The molecule has 3 unspecified atom stereocenters. The van der Waals surface area contributed by atoms with Crippen LogP contribution < -0.4 is 11.1 Å². The molecule has 5 heteroatoms. The molecule has 0 aromatic carbocycles. The molecule has 5 nitrogen and oxygen atoms in total. The summed E-state index contributed by atoms with van der Waals surface area (Å²) in [5, 5.41) is 11.3. The zero-order valence-corrected chi connectivity index (χ0v) is 10.3. The molecule has 0 aliphatic heterocycles. The van der Waals surface area contributed by atoms with Gasteiger partial charge in [-0.2, -0.15) is 0 Å². The third-order valence-corrected chi connectivity index (χ3v) is 3.56. The number of nitrogens with two attached hydrogens (primary N) is 1. The van der Waals surface area contributed by atoms with Gasteiger partial charge in [-0.1, -0.05) is 26.2 Å². The van der Waals surface area contributed by atoms with E-state index in [1.54, 1.807) is 0 Å². The summed E-state index contributed by atoms with van der Waals surface area (Å²) < 4.78 is 0. The van der Waals surface area contributed by atoms with Crippen LogP contribution in [0.2, 0.25) is 0 Å². The highest BCUT2D eigenvalue weighted by atomic mass is 16.4. The van der Waals surface area contributed by atoms with Gasteiger partial charge in [0, 0.05) is 6.54 Å². The van der Waals surface area contributed by atoms with Gasteiger partial charge in [0.1, 0.15) is 0 Å². The monoisotopic (exact) mass is 242 g/mol. The molecular weight excluding hydrogens is 220 g/mol. The van der Waals surface area contributed by atoms with E-state index in [2.05, 4.69) is 12.2 Å². The summed E-state index contributed by atoms with van der Waals surface area (Å²) in [5.41, 5.74) is 5.48. The molecule has 0 aromatic rings. The fraction of sp³-hybridized carbons (Fsp3) is 0.833. The maximum absolute atomic E-state index is 11.5. The van der Waals surface area contributed by atoms with Crippen LogP contribution in [-0.2, 0) is 9.59 Å². The minimum atomic E-state index is -1.04. The molecule has 1 saturated carbocycles. The van der Waals surface area contributed by atoms with Gasteiger partial charge in [0.15, 0.2) is 0 Å². The number of carbonyl (C=O) groups excluding carboxylic acids is 1. The van der Waals surface area contributed by atoms with E-state index in [1.807, 2.05) is 0 Å². The van der Waals surface area contributed by atoms with Crippen molar-refractivity contribution < 1.29 is 14.7 Å². The zero-order chi connectivity index (χ0) is 12.8. The van der Waals surface area contributed by atoms with E-state index in [9.17, 15) is 9.59 Å². The van der Waals surface area contributed by atoms with E-state index in [1.165, 1.54) is 19.3 Å². The van der Waals surface area contributed by atoms with Crippen LogP contribution in [0, 0.1) is 11.8 Å². The fourth-order valence-electron chi connectivity index (χ4n) is 2.34. The van der Waals surface area contributed by atoms with Crippen LogP contribution >= 0.6 is 0 Å². The van der Waals surface area contributed by atoms with Gasteiger partial charge in [-0.05, 0) is 18.3 Å². The standard InChI is InChI=1S/C12H22N2O3/c1-8-4-2-3-5-9(8)7-14-12(17)10(13)6-11(15)16/h8-10H,2-7,13H2,1H3,(H,14,17)(H,15,16). The number of carbonyl (C=O) groups is 2. The summed E-state index contributed by atoms with van der Waals surface area (Å²) in [5.74, 6) is -0.270. The fourth-order valence-corrected chi connectivity index (χ4v) is 2.34. The summed E-state index contributed by atoms with van der Waals surface area (Å²) >= 11 is 0. The Hall–Kier alpha value is -1.10. The van der Waals surface area contributed by atoms with Crippen molar-refractivity contribution in [2.45, 2.75) is 45.1 Å². The number of aliphatic carboxylic acids is 1. The molecule has 0 radical (unpaired) electrons. The topological polar surface area (TPSA) is 92.4 Å². The SMILES string of the molecule is CC1CCCCC1CNC(=O)C(N)CC(=O)O. The second kappa shape index (κ2) is 6.59. The molecule has 1 fully saturated rings. The zero-order valence-electron chi connectivity index (χ0n) is 10.3.